The zero-order valence-corrected chi connectivity index (χ0v) is 13.7. The topological polar surface area (TPSA) is 70.2 Å². The first-order valence-corrected chi connectivity index (χ1v) is 7.49. The Hall–Kier alpha value is -1.85. The van der Waals surface area contributed by atoms with Gasteiger partial charge >= 0.3 is 0 Å². The predicted molar refractivity (Wildman–Crippen MR) is 86.7 cm³/mol. The second-order valence-corrected chi connectivity index (χ2v) is 5.68. The van der Waals surface area contributed by atoms with Crippen LogP contribution in [0.1, 0.15) is 32.8 Å². The summed E-state index contributed by atoms with van der Waals surface area (Å²) < 4.78 is 0. The lowest BCUT2D eigenvalue weighted by Gasteiger charge is -2.20. The van der Waals surface area contributed by atoms with Crippen molar-refractivity contribution in [1.82, 2.24) is 15.3 Å². The molecule has 118 valence electrons. The number of rotatable bonds is 8. The lowest BCUT2D eigenvalue weighted by atomic mass is 10.2. The van der Waals surface area contributed by atoms with Gasteiger partial charge in [0.25, 0.3) is 0 Å². The third-order valence-electron chi connectivity index (χ3n) is 2.93. The molecule has 6 nitrogen and oxygen atoms in total. The summed E-state index contributed by atoms with van der Waals surface area (Å²) in [6.07, 6.45) is 2.79. The number of hydrogen-bond donors (Lipinski definition) is 2. The van der Waals surface area contributed by atoms with Crippen molar-refractivity contribution >= 4 is 17.7 Å². The lowest BCUT2D eigenvalue weighted by molar-refractivity contribution is -0.119. The summed E-state index contributed by atoms with van der Waals surface area (Å²) in [6, 6.07) is 0. The van der Waals surface area contributed by atoms with Gasteiger partial charge in [0.05, 0.1) is 6.54 Å². The maximum Gasteiger partial charge on any atom is 0.239 e. The minimum atomic E-state index is 0.00674. The van der Waals surface area contributed by atoms with E-state index in [2.05, 4.69) is 41.4 Å². The van der Waals surface area contributed by atoms with Gasteiger partial charge in [0, 0.05) is 31.9 Å². The molecule has 0 unspecified atom stereocenters. The fourth-order valence-corrected chi connectivity index (χ4v) is 1.81. The van der Waals surface area contributed by atoms with E-state index < -0.39 is 0 Å². The van der Waals surface area contributed by atoms with Crippen LogP contribution < -0.4 is 15.5 Å². The molecule has 0 fully saturated rings. The Balaban J connectivity index is 2.67. The molecule has 6 heteroatoms. The van der Waals surface area contributed by atoms with Gasteiger partial charge in [-0.15, -0.1) is 0 Å². The predicted octanol–water partition coefficient (Wildman–Crippen LogP) is 1.82. The van der Waals surface area contributed by atoms with Crippen molar-refractivity contribution in [3.05, 3.63) is 11.8 Å². The molecule has 1 amide bonds. The van der Waals surface area contributed by atoms with Crippen LogP contribution >= 0.6 is 0 Å². The summed E-state index contributed by atoms with van der Waals surface area (Å²) in [4.78, 5) is 22.5. The van der Waals surface area contributed by atoms with Crippen LogP contribution in [0, 0.1) is 12.8 Å². The van der Waals surface area contributed by atoms with E-state index in [1.165, 1.54) is 0 Å². The number of anilines is 2. The number of nitrogens with zero attached hydrogens (tertiary/aromatic N) is 3. The van der Waals surface area contributed by atoms with E-state index in [4.69, 9.17) is 0 Å². The highest BCUT2D eigenvalue weighted by atomic mass is 16.2. The summed E-state index contributed by atoms with van der Waals surface area (Å²) in [7, 11) is 1.87. The highest BCUT2D eigenvalue weighted by Crippen LogP contribution is 2.16. The first-order valence-electron chi connectivity index (χ1n) is 7.49. The van der Waals surface area contributed by atoms with Gasteiger partial charge in [0.15, 0.2) is 0 Å². The molecule has 1 aromatic heterocycles. The van der Waals surface area contributed by atoms with Crippen LogP contribution in [0.25, 0.3) is 0 Å². The SMILES string of the molecule is CCCNc1ncc(C)c(N(C)CC(=O)NCC(C)C)n1. The van der Waals surface area contributed by atoms with Gasteiger partial charge in [-0.25, -0.2) is 4.98 Å². The average Bonchev–Trinajstić information content (AvgIpc) is 2.44. The Morgan fingerprint density at radius 1 is 1.43 bits per heavy atom. The highest BCUT2D eigenvalue weighted by Gasteiger charge is 2.12. The van der Waals surface area contributed by atoms with Crippen LogP contribution in [-0.4, -0.2) is 42.6 Å². The zero-order valence-electron chi connectivity index (χ0n) is 13.7. The molecule has 0 saturated carbocycles. The van der Waals surface area contributed by atoms with Crippen molar-refractivity contribution in [3.63, 3.8) is 0 Å². The number of amides is 1. The summed E-state index contributed by atoms with van der Waals surface area (Å²) in [5.41, 5.74) is 0.955. The number of likely N-dealkylation sites (N-methyl/N-ethyl adjacent to an activating group) is 1. The van der Waals surface area contributed by atoms with E-state index in [9.17, 15) is 4.79 Å². The Kier molecular flexibility index (Phi) is 6.91. The average molecular weight is 293 g/mol. The van der Waals surface area contributed by atoms with Crippen molar-refractivity contribution in [2.75, 3.05) is 36.9 Å². The molecule has 2 N–H and O–H groups in total. The second-order valence-electron chi connectivity index (χ2n) is 5.68. The van der Waals surface area contributed by atoms with Crippen LogP contribution in [0.4, 0.5) is 11.8 Å². The fraction of sp³-hybridized carbons (Fsp3) is 0.667. The van der Waals surface area contributed by atoms with E-state index >= 15 is 0 Å². The number of carbonyl (C=O) groups excluding carboxylic acids is 1. The summed E-state index contributed by atoms with van der Waals surface area (Å²) in [5, 5.41) is 6.07. The van der Waals surface area contributed by atoms with Crippen molar-refractivity contribution in [1.29, 1.82) is 0 Å². The van der Waals surface area contributed by atoms with E-state index in [0.717, 1.165) is 24.3 Å². The molecule has 0 bridgehead atoms. The quantitative estimate of drug-likeness (QED) is 0.765. The maximum absolute atomic E-state index is 11.9. The van der Waals surface area contributed by atoms with Crippen LogP contribution in [0.2, 0.25) is 0 Å². The summed E-state index contributed by atoms with van der Waals surface area (Å²) in [6.45, 7) is 10.0. The molecule has 0 aliphatic rings. The molecule has 0 atom stereocenters. The molecule has 21 heavy (non-hydrogen) atoms. The second kappa shape index (κ2) is 8.44. The van der Waals surface area contributed by atoms with Gasteiger partial charge in [0.2, 0.25) is 11.9 Å². The summed E-state index contributed by atoms with van der Waals surface area (Å²) in [5.74, 6) is 1.84. The van der Waals surface area contributed by atoms with Crippen LogP contribution in [0.15, 0.2) is 6.20 Å². The maximum atomic E-state index is 11.9. The number of nitrogens with one attached hydrogen (secondary N) is 2. The minimum absolute atomic E-state index is 0.00674. The Bertz CT molecular complexity index is 461. The van der Waals surface area contributed by atoms with E-state index in [-0.39, 0.29) is 12.5 Å². The molecule has 0 aliphatic heterocycles. The van der Waals surface area contributed by atoms with Gasteiger partial charge in [-0.05, 0) is 19.3 Å². The van der Waals surface area contributed by atoms with E-state index in [0.29, 0.717) is 18.4 Å². The molecule has 1 heterocycles. The third-order valence-corrected chi connectivity index (χ3v) is 2.93. The van der Waals surface area contributed by atoms with Gasteiger partial charge in [0.1, 0.15) is 5.82 Å². The number of carbonyl (C=O) groups is 1. The Labute approximate surface area is 127 Å². The molecule has 1 aromatic rings. The number of aromatic nitrogens is 2. The highest BCUT2D eigenvalue weighted by molar-refractivity contribution is 5.81. The normalized spacial score (nSPS) is 10.6. The van der Waals surface area contributed by atoms with Crippen LogP contribution in [-0.2, 0) is 4.79 Å². The molecule has 0 spiro atoms. The van der Waals surface area contributed by atoms with E-state index in [1.807, 2.05) is 18.9 Å². The van der Waals surface area contributed by atoms with Gasteiger partial charge in [-0.1, -0.05) is 20.8 Å². The molecule has 0 radical (unpaired) electrons. The smallest absolute Gasteiger partial charge is 0.239 e. The largest absolute Gasteiger partial charge is 0.354 e. The van der Waals surface area contributed by atoms with Crippen molar-refractivity contribution in [2.45, 2.75) is 34.1 Å². The lowest BCUT2D eigenvalue weighted by Crippen LogP contribution is -2.37. The molecular formula is C15H27N5O. The van der Waals surface area contributed by atoms with Crippen LogP contribution in [0.3, 0.4) is 0 Å². The number of hydrogen-bond acceptors (Lipinski definition) is 5. The minimum Gasteiger partial charge on any atom is -0.354 e. The Morgan fingerprint density at radius 2 is 2.14 bits per heavy atom. The monoisotopic (exact) mass is 293 g/mol. The van der Waals surface area contributed by atoms with Gasteiger partial charge in [-0.2, -0.15) is 4.98 Å². The molecule has 1 rings (SSSR count). The molecule has 0 aromatic carbocycles. The molecule has 0 saturated heterocycles. The van der Waals surface area contributed by atoms with E-state index in [1.54, 1.807) is 6.20 Å². The van der Waals surface area contributed by atoms with Crippen molar-refractivity contribution in [2.24, 2.45) is 5.92 Å². The number of aryl methyl sites for hydroxylation is 1. The fourth-order valence-electron chi connectivity index (χ4n) is 1.81. The van der Waals surface area contributed by atoms with Gasteiger partial charge < -0.3 is 15.5 Å². The van der Waals surface area contributed by atoms with Crippen molar-refractivity contribution < 1.29 is 4.79 Å². The van der Waals surface area contributed by atoms with Crippen molar-refractivity contribution in [3.8, 4) is 0 Å². The third kappa shape index (κ3) is 5.97. The summed E-state index contributed by atoms with van der Waals surface area (Å²) >= 11 is 0. The van der Waals surface area contributed by atoms with Gasteiger partial charge in [-0.3, -0.25) is 4.79 Å². The zero-order chi connectivity index (χ0) is 15.8. The molecular weight excluding hydrogens is 266 g/mol. The Morgan fingerprint density at radius 3 is 2.76 bits per heavy atom. The standard InChI is InChI=1S/C15H27N5O/c1-6-7-16-15-18-9-12(4)14(19-15)20(5)10-13(21)17-8-11(2)3/h9,11H,6-8,10H2,1-5H3,(H,17,21)(H,16,18,19). The first kappa shape index (κ1) is 17.2. The molecule has 0 aliphatic carbocycles. The first-order chi connectivity index (χ1) is 9.93. The van der Waals surface area contributed by atoms with Crippen LogP contribution in [0.5, 0.6) is 0 Å².